The summed E-state index contributed by atoms with van der Waals surface area (Å²) in [7, 11) is 0. The number of nitrogens with zero attached hydrogens (tertiary/aromatic N) is 8. The highest BCUT2D eigenvalue weighted by Crippen LogP contribution is 2.40. The van der Waals surface area contributed by atoms with Gasteiger partial charge in [-0.05, 0) is 130 Å². The van der Waals surface area contributed by atoms with Gasteiger partial charge in [0.2, 0.25) is 5.89 Å². The molecule has 11 nitrogen and oxygen atoms in total. The van der Waals surface area contributed by atoms with Crippen molar-refractivity contribution in [2.45, 2.75) is 123 Å². The van der Waals surface area contributed by atoms with E-state index in [0.717, 1.165) is 31.1 Å². The maximum absolute atomic E-state index is 14.8. The summed E-state index contributed by atoms with van der Waals surface area (Å²) in [6.45, 7) is 5.77. The first-order chi connectivity index (χ1) is 38.3. The Balaban J connectivity index is 1.00. The molecule has 23 heteroatoms. The highest BCUT2D eigenvalue weighted by Gasteiger charge is 2.40. The first kappa shape index (κ1) is 58.3. The van der Waals surface area contributed by atoms with Gasteiger partial charge in [-0.25, -0.2) is 14.8 Å². The minimum absolute atomic E-state index is 0.0531. The van der Waals surface area contributed by atoms with Gasteiger partial charge in [-0.3, -0.25) is 0 Å². The van der Waals surface area contributed by atoms with Crippen LogP contribution in [0.5, 0.6) is 0 Å². The van der Waals surface area contributed by atoms with Crippen LogP contribution in [0.4, 0.5) is 75.1 Å². The molecule has 2 fully saturated rings. The van der Waals surface area contributed by atoms with Crippen LogP contribution < -0.4 is 20.0 Å². The van der Waals surface area contributed by atoms with Crippen LogP contribution in [0.15, 0.2) is 101 Å². The smallest absolute Gasteiger partial charge is 0.408 e. The van der Waals surface area contributed by atoms with E-state index in [9.17, 15) is 57.5 Å². The Bertz CT molecular complexity index is 3270. The number of amides is 2. The molecule has 2 aliphatic carbocycles. The van der Waals surface area contributed by atoms with Crippen molar-refractivity contribution >= 4 is 45.5 Å². The second-order valence-corrected chi connectivity index (χ2v) is 21.0. The van der Waals surface area contributed by atoms with Gasteiger partial charge in [0.05, 0.1) is 46.4 Å². The molecule has 0 spiro atoms. The van der Waals surface area contributed by atoms with E-state index in [1.807, 2.05) is 55.1 Å². The predicted octanol–water partition coefficient (Wildman–Crippen LogP) is 15.2. The molecule has 2 saturated carbocycles. The molecule has 7 aromatic rings. The number of alkyl halides is 12. The normalized spacial score (nSPS) is 16.4. The Hall–Kier alpha value is -7.33. The van der Waals surface area contributed by atoms with E-state index in [1.54, 1.807) is 24.3 Å². The maximum atomic E-state index is 14.8. The quantitative estimate of drug-likeness (QED) is 0.0841. The highest BCUT2D eigenvalue weighted by molar-refractivity contribution is 5.83. The monoisotopic (exact) mass is 1140 g/mol. The molecule has 4 aromatic carbocycles. The molecule has 81 heavy (non-hydrogen) atoms. The van der Waals surface area contributed by atoms with Crippen LogP contribution in [-0.2, 0) is 50.9 Å². The van der Waals surface area contributed by atoms with E-state index in [4.69, 9.17) is 14.4 Å². The molecular formula is C58H59F12N9O2. The summed E-state index contributed by atoms with van der Waals surface area (Å²) in [6, 6.07) is 19.5. The summed E-state index contributed by atoms with van der Waals surface area (Å²) in [4.78, 5) is 31.6. The summed E-state index contributed by atoms with van der Waals surface area (Å²) in [5.74, 6) is 1.36. The van der Waals surface area contributed by atoms with E-state index >= 15 is 0 Å². The lowest BCUT2D eigenvalue weighted by Gasteiger charge is -2.31. The first-order valence-electron chi connectivity index (χ1n) is 26.8. The number of carbonyl (C=O) groups is 1. The Morgan fingerprint density at radius 3 is 1.49 bits per heavy atom. The van der Waals surface area contributed by atoms with Crippen molar-refractivity contribution in [1.82, 2.24) is 30.4 Å². The zero-order chi connectivity index (χ0) is 58.0. The largest absolute Gasteiger partial charge is 0.416 e. The number of pyridine rings is 2. The summed E-state index contributed by atoms with van der Waals surface area (Å²) >= 11 is 0. The molecule has 0 radical (unpaired) electrons. The summed E-state index contributed by atoms with van der Waals surface area (Å²) < 4.78 is 175. The average Bonchev–Trinajstić information content (AvgIpc) is 4.30. The Morgan fingerprint density at radius 1 is 0.556 bits per heavy atom. The second-order valence-electron chi connectivity index (χ2n) is 21.0. The number of hydrogen-bond acceptors (Lipinski definition) is 9. The van der Waals surface area contributed by atoms with E-state index < -0.39 is 72.1 Å². The van der Waals surface area contributed by atoms with Crippen molar-refractivity contribution < 1.29 is 61.9 Å². The van der Waals surface area contributed by atoms with Gasteiger partial charge in [0, 0.05) is 74.1 Å². The van der Waals surface area contributed by atoms with Crippen LogP contribution in [0, 0.1) is 18.8 Å². The fourth-order valence-corrected chi connectivity index (χ4v) is 11.1. The molecule has 432 valence electrons. The number of halogens is 12. The first-order valence-corrected chi connectivity index (χ1v) is 26.8. The molecule has 2 unspecified atom stereocenters. The lowest BCUT2D eigenvalue weighted by Crippen LogP contribution is -2.44. The number of para-hydroxylation sites is 2. The van der Waals surface area contributed by atoms with E-state index in [2.05, 4.69) is 20.4 Å². The summed E-state index contributed by atoms with van der Waals surface area (Å²) in [5.41, 5.74) is -4.36. The van der Waals surface area contributed by atoms with Gasteiger partial charge in [0.25, 0.3) is 0 Å². The maximum Gasteiger partial charge on any atom is 0.416 e. The Morgan fingerprint density at radius 2 is 1.02 bits per heavy atom. The van der Waals surface area contributed by atoms with Crippen LogP contribution in [0.1, 0.15) is 109 Å². The van der Waals surface area contributed by atoms with Crippen LogP contribution in [-0.4, -0.2) is 63.3 Å². The minimum atomic E-state index is -5.13. The molecule has 3 aromatic heterocycles. The lowest BCUT2D eigenvalue weighted by atomic mass is 10.0. The van der Waals surface area contributed by atoms with E-state index in [1.165, 1.54) is 16.7 Å². The van der Waals surface area contributed by atoms with Gasteiger partial charge < -0.3 is 29.3 Å². The van der Waals surface area contributed by atoms with Gasteiger partial charge in [-0.2, -0.15) is 52.7 Å². The van der Waals surface area contributed by atoms with Crippen LogP contribution in [0.25, 0.3) is 21.8 Å². The zero-order valence-electron chi connectivity index (χ0n) is 44.5. The minimum Gasteiger partial charge on any atom is -0.408 e. The third-order valence-corrected chi connectivity index (χ3v) is 15.1. The van der Waals surface area contributed by atoms with Crippen LogP contribution in [0.2, 0.25) is 0 Å². The Kier molecular flexibility index (Phi) is 17.0. The van der Waals surface area contributed by atoms with Gasteiger partial charge in [0.1, 0.15) is 11.6 Å². The highest BCUT2D eigenvalue weighted by atomic mass is 19.4. The van der Waals surface area contributed by atoms with Gasteiger partial charge >= 0.3 is 36.8 Å². The number of rotatable bonds is 18. The molecule has 2 aliphatic rings. The predicted molar refractivity (Wildman–Crippen MR) is 282 cm³/mol. The molecule has 0 saturated heterocycles. The van der Waals surface area contributed by atoms with Gasteiger partial charge in [0.15, 0.2) is 0 Å². The lowest BCUT2D eigenvalue weighted by molar-refractivity contribution is -0.144. The van der Waals surface area contributed by atoms with Crippen molar-refractivity contribution in [3.8, 4) is 0 Å². The summed E-state index contributed by atoms with van der Waals surface area (Å²) in [5, 5.41) is 12.4. The van der Waals surface area contributed by atoms with Crippen molar-refractivity contribution in [2.75, 3.05) is 40.9 Å². The number of benzene rings is 4. The molecule has 0 aliphatic heterocycles. The summed E-state index contributed by atoms with van der Waals surface area (Å²) in [6.07, 6.45) is -14.8. The van der Waals surface area contributed by atoms with E-state index in [-0.39, 0.29) is 54.2 Å². The zero-order valence-corrected chi connectivity index (χ0v) is 44.5. The molecule has 2 atom stereocenters. The third-order valence-electron chi connectivity index (χ3n) is 15.1. The number of anilines is 3. The van der Waals surface area contributed by atoms with Gasteiger partial charge in [-0.1, -0.05) is 54.3 Å². The van der Waals surface area contributed by atoms with Crippen LogP contribution >= 0.6 is 0 Å². The molecule has 9 rings (SSSR count). The fraction of sp³-hybridized carbons (Fsp3) is 0.431. The number of aryl methyl sites for hydroxylation is 1. The SMILES string of the molecule is CCN(CC1CCCC1)c1nc2ccccc2cc1CN(Cc1cc(C(F)(F)F)cc(C(F)(F)F)c1)C(=O)NC1CCC(CN(CC)c2nc3ccccc3cc2CN(Cc2cc(C(F)(F)F)cc(C(F)(F)F)c2)c2nnc(C)o2)C1. The number of urea groups is 1. The third kappa shape index (κ3) is 14.2. The number of hydrogen-bond donors (Lipinski definition) is 1. The van der Waals surface area contributed by atoms with Crippen molar-refractivity contribution in [3.63, 3.8) is 0 Å². The second kappa shape index (κ2) is 23.6. The van der Waals surface area contributed by atoms with Crippen molar-refractivity contribution in [1.29, 1.82) is 0 Å². The fourth-order valence-electron chi connectivity index (χ4n) is 11.1. The Labute approximate surface area is 459 Å². The molecule has 3 heterocycles. The van der Waals surface area contributed by atoms with Gasteiger partial charge in [-0.15, -0.1) is 5.10 Å². The topological polar surface area (TPSA) is 107 Å². The molecule has 0 bridgehead atoms. The van der Waals surface area contributed by atoms with Crippen molar-refractivity contribution in [3.05, 3.63) is 147 Å². The average molecular weight is 1140 g/mol. The van der Waals surface area contributed by atoms with E-state index in [0.29, 0.717) is 115 Å². The van der Waals surface area contributed by atoms with Crippen LogP contribution in [0.3, 0.4) is 0 Å². The molecule has 1 N–H and O–H groups in total. The number of nitrogens with one attached hydrogen (secondary N) is 1. The molecular weight excluding hydrogens is 1080 g/mol. The number of aromatic nitrogens is 4. The number of carbonyl (C=O) groups excluding carboxylic acids is 1. The molecule has 2 amide bonds. The van der Waals surface area contributed by atoms with Crippen molar-refractivity contribution in [2.24, 2.45) is 11.8 Å². The standard InChI is InChI=1S/C58H59F12N9O2/c1-4-76(29-36-12-6-7-13-36)51-42(25-40-14-8-10-16-49(40)72-51)33-78(31-38-20-44(55(59,60)61)27-45(21-38)56(62,63)64)53(80)71-48-19-18-37(24-48)30-77(5-2)52-43(26-41-15-9-11-17-50(41)73-52)34-79(54-75-74-35(3)81-54)32-39-22-46(57(65,66)67)28-47(23-39)58(68,69)70/h8-11,14-17,20-23,25-28,36-37,48H,4-7,12-13,18-19,24,29-34H2,1-3H3,(H,71,80). The number of fused-ring (bicyclic) bond motifs is 2.